The van der Waals surface area contributed by atoms with Crippen LogP contribution in [0.3, 0.4) is 0 Å². The van der Waals surface area contributed by atoms with Crippen molar-refractivity contribution in [2.45, 2.75) is 0 Å². The molecule has 1 aromatic heterocycles. The number of carbonyl (C=O) groups excluding carboxylic acids is 2. The van der Waals surface area contributed by atoms with Crippen LogP contribution in [0.25, 0.3) is 5.69 Å². The zero-order chi connectivity index (χ0) is 16.9. The summed E-state index contributed by atoms with van der Waals surface area (Å²) < 4.78 is 1.62. The number of amides is 2. The second kappa shape index (κ2) is 6.78. The second-order valence-electron chi connectivity index (χ2n) is 5.09. The van der Waals surface area contributed by atoms with Crippen LogP contribution < -0.4 is 10.6 Å². The number of aromatic nitrogens is 2. The molecule has 24 heavy (non-hydrogen) atoms. The average Bonchev–Trinajstić information content (AvgIpc) is 3.12. The van der Waals surface area contributed by atoms with E-state index >= 15 is 0 Å². The second-order valence-corrected chi connectivity index (χ2v) is 5.09. The highest BCUT2D eigenvalue weighted by atomic mass is 16.2. The third-order valence-electron chi connectivity index (χ3n) is 3.51. The summed E-state index contributed by atoms with van der Waals surface area (Å²) in [5.74, 6) is -0.584. The van der Waals surface area contributed by atoms with Crippen molar-refractivity contribution in [3.05, 3.63) is 78.1 Å². The van der Waals surface area contributed by atoms with Crippen molar-refractivity contribution in [3.63, 3.8) is 0 Å². The quantitative estimate of drug-likeness (QED) is 0.775. The number of para-hydroxylation sites is 2. The summed E-state index contributed by atoms with van der Waals surface area (Å²) in [6, 6.07) is 16.4. The minimum atomic E-state index is -0.325. The Balaban J connectivity index is 1.82. The predicted molar refractivity (Wildman–Crippen MR) is 91.3 cm³/mol. The molecule has 6 heteroatoms. The third-order valence-corrected chi connectivity index (χ3v) is 3.51. The fraction of sp³-hybridized carbons (Fsp3) is 0.0556. The van der Waals surface area contributed by atoms with Gasteiger partial charge in [0.25, 0.3) is 11.8 Å². The van der Waals surface area contributed by atoms with Crippen LogP contribution >= 0.6 is 0 Å². The smallest absolute Gasteiger partial charge is 0.258 e. The average molecular weight is 320 g/mol. The van der Waals surface area contributed by atoms with E-state index in [0.29, 0.717) is 16.8 Å². The summed E-state index contributed by atoms with van der Waals surface area (Å²) in [5, 5.41) is 9.51. The van der Waals surface area contributed by atoms with Crippen LogP contribution in [0.15, 0.2) is 67.0 Å². The molecule has 0 saturated heterocycles. The number of hydrogen-bond donors (Lipinski definition) is 2. The maximum absolute atomic E-state index is 12.4. The van der Waals surface area contributed by atoms with Crippen LogP contribution in [-0.2, 0) is 0 Å². The summed E-state index contributed by atoms with van der Waals surface area (Å²) >= 11 is 0. The zero-order valence-corrected chi connectivity index (χ0v) is 13.1. The fourth-order valence-corrected chi connectivity index (χ4v) is 2.28. The maximum atomic E-state index is 12.4. The molecule has 2 aromatic carbocycles. The van der Waals surface area contributed by atoms with E-state index in [0.717, 1.165) is 5.69 Å². The van der Waals surface area contributed by atoms with Crippen LogP contribution in [0.1, 0.15) is 20.7 Å². The Labute approximate surface area is 139 Å². The first-order chi connectivity index (χ1) is 11.7. The van der Waals surface area contributed by atoms with Gasteiger partial charge in [-0.2, -0.15) is 5.10 Å². The number of nitrogens with zero attached hydrogens (tertiary/aromatic N) is 2. The minimum absolute atomic E-state index is 0.258. The van der Waals surface area contributed by atoms with Crippen molar-refractivity contribution < 1.29 is 9.59 Å². The highest BCUT2D eigenvalue weighted by Gasteiger charge is 2.14. The van der Waals surface area contributed by atoms with Crippen LogP contribution in [0.2, 0.25) is 0 Å². The fourth-order valence-electron chi connectivity index (χ4n) is 2.28. The Bertz CT molecular complexity index is 871. The van der Waals surface area contributed by atoms with Gasteiger partial charge in [0.2, 0.25) is 0 Å². The lowest BCUT2D eigenvalue weighted by Crippen LogP contribution is -2.21. The molecule has 6 nitrogen and oxygen atoms in total. The molecular weight excluding hydrogens is 304 g/mol. The Morgan fingerprint density at radius 3 is 2.42 bits per heavy atom. The molecule has 0 aliphatic rings. The number of rotatable bonds is 4. The Morgan fingerprint density at radius 2 is 1.67 bits per heavy atom. The molecule has 3 aromatic rings. The van der Waals surface area contributed by atoms with Crippen LogP contribution in [0, 0.1) is 0 Å². The summed E-state index contributed by atoms with van der Waals surface area (Å²) in [6.45, 7) is 0. The first-order valence-electron chi connectivity index (χ1n) is 7.41. The van der Waals surface area contributed by atoms with E-state index in [1.807, 2.05) is 30.3 Å². The van der Waals surface area contributed by atoms with Crippen LogP contribution in [0.4, 0.5) is 5.69 Å². The van der Waals surface area contributed by atoms with Gasteiger partial charge in [-0.25, -0.2) is 4.68 Å². The van der Waals surface area contributed by atoms with Crippen molar-refractivity contribution in [1.82, 2.24) is 15.1 Å². The zero-order valence-electron chi connectivity index (χ0n) is 13.1. The van der Waals surface area contributed by atoms with E-state index in [2.05, 4.69) is 15.7 Å². The van der Waals surface area contributed by atoms with Gasteiger partial charge in [-0.3, -0.25) is 9.59 Å². The lowest BCUT2D eigenvalue weighted by Gasteiger charge is -2.09. The van der Waals surface area contributed by atoms with E-state index in [-0.39, 0.29) is 11.8 Å². The normalized spacial score (nSPS) is 10.2. The Hall–Kier alpha value is -3.41. The van der Waals surface area contributed by atoms with Gasteiger partial charge in [0.1, 0.15) is 0 Å². The highest BCUT2D eigenvalue weighted by molar-refractivity contribution is 6.08. The summed E-state index contributed by atoms with van der Waals surface area (Å²) in [6.07, 6.45) is 3.14. The number of anilines is 1. The van der Waals surface area contributed by atoms with Crippen molar-refractivity contribution in [2.24, 2.45) is 0 Å². The SMILES string of the molecule is CNC(=O)c1ccccc1NC(=O)c1cnn(-c2ccccc2)c1. The summed E-state index contributed by atoms with van der Waals surface area (Å²) in [7, 11) is 1.55. The summed E-state index contributed by atoms with van der Waals surface area (Å²) in [4.78, 5) is 24.3. The molecule has 0 saturated carbocycles. The van der Waals surface area contributed by atoms with Gasteiger partial charge in [0.05, 0.1) is 28.7 Å². The molecular formula is C18H16N4O2. The lowest BCUT2D eigenvalue weighted by atomic mass is 10.1. The van der Waals surface area contributed by atoms with Crippen molar-refractivity contribution >= 4 is 17.5 Å². The van der Waals surface area contributed by atoms with Gasteiger partial charge in [0.15, 0.2) is 0 Å². The molecule has 0 aliphatic carbocycles. The van der Waals surface area contributed by atoms with Gasteiger partial charge >= 0.3 is 0 Å². The van der Waals surface area contributed by atoms with E-state index in [1.54, 1.807) is 42.2 Å². The molecule has 2 N–H and O–H groups in total. The first-order valence-corrected chi connectivity index (χ1v) is 7.41. The van der Waals surface area contributed by atoms with Crippen molar-refractivity contribution in [1.29, 1.82) is 0 Å². The monoisotopic (exact) mass is 320 g/mol. The summed E-state index contributed by atoms with van der Waals surface area (Å²) in [5.41, 5.74) is 2.13. The molecule has 0 spiro atoms. The molecule has 1 heterocycles. The Morgan fingerprint density at radius 1 is 0.958 bits per heavy atom. The van der Waals surface area contributed by atoms with Crippen molar-refractivity contribution in [2.75, 3.05) is 12.4 Å². The molecule has 0 unspecified atom stereocenters. The van der Waals surface area contributed by atoms with Gasteiger partial charge in [-0.15, -0.1) is 0 Å². The Kier molecular flexibility index (Phi) is 4.38. The molecule has 2 amide bonds. The van der Waals surface area contributed by atoms with Gasteiger partial charge in [-0.05, 0) is 24.3 Å². The van der Waals surface area contributed by atoms with E-state index in [1.165, 1.54) is 6.20 Å². The van der Waals surface area contributed by atoms with Crippen LogP contribution in [0.5, 0.6) is 0 Å². The van der Waals surface area contributed by atoms with E-state index in [4.69, 9.17) is 0 Å². The third kappa shape index (κ3) is 3.17. The predicted octanol–water partition coefficient (Wildman–Crippen LogP) is 2.48. The van der Waals surface area contributed by atoms with Crippen molar-refractivity contribution in [3.8, 4) is 5.69 Å². The molecule has 0 aliphatic heterocycles. The van der Waals surface area contributed by atoms with Gasteiger partial charge in [0, 0.05) is 13.2 Å². The molecule has 0 atom stereocenters. The molecule has 0 radical (unpaired) electrons. The van der Waals surface area contributed by atoms with E-state index in [9.17, 15) is 9.59 Å². The number of nitrogens with one attached hydrogen (secondary N) is 2. The lowest BCUT2D eigenvalue weighted by molar-refractivity contribution is 0.0964. The molecule has 120 valence electrons. The minimum Gasteiger partial charge on any atom is -0.355 e. The largest absolute Gasteiger partial charge is 0.355 e. The standard InChI is InChI=1S/C18H16N4O2/c1-19-18(24)15-9-5-6-10-16(15)21-17(23)13-11-20-22(12-13)14-7-3-2-4-8-14/h2-12H,1H3,(H,19,24)(H,21,23). The van der Waals surface area contributed by atoms with Gasteiger partial charge in [-0.1, -0.05) is 30.3 Å². The van der Waals surface area contributed by atoms with Crippen LogP contribution in [-0.4, -0.2) is 28.6 Å². The van der Waals surface area contributed by atoms with E-state index < -0.39 is 0 Å². The molecule has 3 rings (SSSR count). The first kappa shape index (κ1) is 15.5. The number of carbonyl (C=O) groups is 2. The topological polar surface area (TPSA) is 76.0 Å². The number of benzene rings is 2. The van der Waals surface area contributed by atoms with Gasteiger partial charge < -0.3 is 10.6 Å². The highest BCUT2D eigenvalue weighted by Crippen LogP contribution is 2.16. The molecule has 0 fully saturated rings. The number of hydrogen-bond acceptors (Lipinski definition) is 3. The molecule has 0 bridgehead atoms. The maximum Gasteiger partial charge on any atom is 0.258 e.